The molecule has 2 saturated heterocycles. The Balaban J connectivity index is 1.44. The second-order valence-corrected chi connectivity index (χ2v) is 6.86. The summed E-state index contributed by atoms with van der Waals surface area (Å²) in [5, 5.41) is 0. The SMILES string of the molecule is O=C(N1CC[C@H]2[C@H]1CCN2Cc1cccnc1)C1(F)CCC1. The highest BCUT2D eigenvalue weighted by Crippen LogP contribution is 2.41. The standard InChI is InChI=1S/C17H22FN3O/c18-17(6-2-7-17)16(22)21-10-5-14-15(21)4-9-20(14)12-13-3-1-8-19-11-13/h1,3,8,11,14-15H,2,4-7,9-10,12H2/t14-,15+/m0/s1. The summed E-state index contributed by atoms with van der Waals surface area (Å²) in [6, 6.07) is 4.63. The molecule has 0 N–H and O–H groups in total. The van der Waals surface area contributed by atoms with Gasteiger partial charge in [-0.15, -0.1) is 0 Å². The van der Waals surface area contributed by atoms with Crippen LogP contribution in [0.15, 0.2) is 24.5 Å². The maximum atomic E-state index is 14.4. The molecular weight excluding hydrogens is 281 g/mol. The summed E-state index contributed by atoms with van der Waals surface area (Å²) < 4.78 is 14.4. The second kappa shape index (κ2) is 5.30. The first-order valence-corrected chi connectivity index (χ1v) is 8.30. The molecule has 1 saturated carbocycles. The molecule has 4 nitrogen and oxygen atoms in total. The zero-order valence-corrected chi connectivity index (χ0v) is 12.7. The maximum absolute atomic E-state index is 14.4. The summed E-state index contributed by atoms with van der Waals surface area (Å²) >= 11 is 0. The van der Waals surface area contributed by atoms with Gasteiger partial charge >= 0.3 is 0 Å². The number of aromatic nitrogens is 1. The average molecular weight is 303 g/mol. The summed E-state index contributed by atoms with van der Waals surface area (Å²) in [6.45, 7) is 2.56. The zero-order valence-electron chi connectivity index (χ0n) is 12.7. The molecule has 1 amide bonds. The molecule has 0 spiro atoms. The van der Waals surface area contributed by atoms with Gasteiger partial charge in [0.25, 0.3) is 5.91 Å². The fourth-order valence-corrected chi connectivity index (χ4v) is 4.21. The molecule has 3 fully saturated rings. The van der Waals surface area contributed by atoms with Crippen LogP contribution in [-0.4, -0.2) is 51.5 Å². The number of rotatable bonds is 3. The van der Waals surface area contributed by atoms with Crippen molar-refractivity contribution in [2.45, 2.75) is 56.4 Å². The number of halogens is 1. The molecule has 1 aromatic heterocycles. The Morgan fingerprint density at radius 2 is 2.14 bits per heavy atom. The van der Waals surface area contributed by atoms with Crippen molar-refractivity contribution in [3.05, 3.63) is 30.1 Å². The van der Waals surface area contributed by atoms with Crippen molar-refractivity contribution in [3.8, 4) is 0 Å². The third-order valence-electron chi connectivity index (χ3n) is 5.59. The van der Waals surface area contributed by atoms with E-state index >= 15 is 0 Å². The number of amides is 1. The Bertz CT molecular complexity index is 560. The highest BCUT2D eigenvalue weighted by molar-refractivity contribution is 5.86. The molecule has 3 aliphatic rings. The van der Waals surface area contributed by atoms with E-state index in [0.717, 1.165) is 32.4 Å². The first kappa shape index (κ1) is 14.1. The Hall–Kier alpha value is -1.49. The lowest BCUT2D eigenvalue weighted by Gasteiger charge is -2.37. The van der Waals surface area contributed by atoms with Crippen LogP contribution in [0.5, 0.6) is 0 Å². The Morgan fingerprint density at radius 1 is 1.32 bits per heavy atom. The lowest BCUT2D eigenvalue weighted by Crippen LogP contribution is -2.52. The van der Waals surface area contributed by atoms with Crippen LogP contribution in [0.4, 0.5) is 4.39 Å². The number of hydrogen-bond donors (Lipinski definition) is 0. The van der Waals surface area contributed by atoms with Gasteiger partial charge in [0, 0.05) is 44.1 Å². The van der Waals surface area contributed by atoms with Gasteiger partial charge in [0.15, 0.2) is 5.67 Å². The van der Waals surface area contributed by atoms with Crippen molar-refractivity contribution in [3.63, 3.8) is 0 Å². The first-order valence-electron chi connectivity index (χ1n) is 8.30. The molecule has 0 unspecified atom stereocenters. The van der Waals surface area contributed by atoms with Crippen LogP contribution in [0, 0.1) is 0 Å². The molecule has 1 aromatic rings. The highest BCUT2D eigenvalue weighted by Gasteiger charge is 2.52. The van der Waals surface area contributed by atoms with Gasteiger partial charge in [0.2, 0.25) is 0 Å². The second-order valence-electron chi connectivity index (χ2n) is 6.86. The molecule has 5 heteroatoms. The summed E-state index contributed by atoms with van der Waals surface area (Å²) in [5.74, 6) is -0.241. The summed E-state index contributed by atoms with van der Waals surface area (Å²) in [5.41, 5.74) is -0.347. The fourth-order valence-electron chi connectivity index (χ4n) is 4.21. The van der Waals surface area contributed by atoms with Gasteiger partial charge < -0.3 is 4.90 Å². The molecule has 3 heterocycles. The van der Waals surface area contributed by atoms with Crippen LogP contribution in [0.3, 0.4) is 0 Å². The van der Waals surface area contributed by atoms with E-state index in [2.05, 4.69) is 16.0 Å². The molecule has 0 radical (unpaired) electrons. The Labute approximate surface area is 130 Å². The van der Waals surface area contributed by atoms with E-state index in [-0.39, 0.29) is 11.9 Å². The number of carbonyl (C=O) groups is 1. The number of alkyl halides is 1. The van der Waals surface area contributed by atoms with Crippen LogP contribution in [0.1, 0.15) is 37.7 Å². The zero-order chi connectivity index (χ0) is 15.2. The van der Waals surface area contributed by atoms with E-state index in [1.165, 1.54) is 5.56 Å². The first-order chi connectivity index (χ1) is 10.7. The largest absolute Gasteiger partial charge is 0.335 e. The van der Waals surface area contributed by atoms with E-state index in [1.807, 2.05) is 17.2 Å². The van der Waals surface area contributed by atoms with Crippen molar-refractivity contribution in [1.82, 2.24) is 14.8 Å². The van der Waals surface area contributed by atoms with Gasteiger partial charge in [-0.1, -0.05) is 6.07 Å². The smallest absolute Gasteiger partial charge is 0.260 e. The Kier molecular flexibility index (Phi) is 3.40. The van der Waals surface area contributed by atoms with E-state index < -0.39 is 5.67 Å². The number of carbonyl (C=O) groups excluding carboxylic acids is 1. The number of hydrogen-bond acceptors (Lipinski definition) is 3. The number of nitrogens with zero attached hydrogens (tertiary/aromatic N) is 3. The lowest BCUT2D eigenvalue weighted by molar-refractivity contribution is -0.150. The van der Waals surface area contributed by atoms with Crippen LogP contribution in [0.25, 0.3) is 0 Å². The predicted molar refractivity (Wildman–Crippen MR) is 80.9 cm³/mol. The Morgan fingerprint density at radius 3 is 2.82 bits per heavy atom. The van der Waals surface area contributed by atoms with Crippen molar-refractivity contribution < 1.29 is 9.18 Å². The molecule has 4 rings (SSSR count). The molecule has 2 atom stereocenters. The summed E-state index contributed by atoms with van der Waals surface area (Å²) in [7, 11) is 0. The highest BCUT2D eigenvalue weighted by atomic mass is 19.1. The monoisotopic (exact) mass is 303 g/mol. The fraction of sp³-hybridized carbons (Fsp3) is 0.647. The minimum absolute atomic E-state index is 0.206. The van der Waals surface area contributed by atoms with Crippen molar-refractivity contribution in [1.29, 1.82) is 0 Å². The van der Waals surface area contributed by atoms with Crippen LogP contribution < -0.4 is 0 Å². The maximum Gasteiger partial charge on any atom is 0.260 e. The van der Waals surface area contributed by atoms with Gasteiger partial charge in [-0.3, -0.25) is 14.7 Å². The van der Waals surface area contributed by atoms with Crippen molar-refractivity contribution in [2.24, 2.45) is 0 Å². The van der Waals surface area contributed by atoms with Gasteiger partial charge in [-0.2, -0.15) is 0 Å². The van der Waals surface area contributed by atoms with Gasteiger partial charge in [0.05, 0.1) is 0 Å². The van der Waals surface area contributed by atoms with E-state index in [4.69, 9.17) is 0 Å². The van der Waals surface area contributed by atoms with E-state index in [9.17, 15) is 9.18 Å². The quantitative estimate of drug-likeness (QED) is 0.858. The van der Waals surface area contributed by atoms with E-state index in [1.54, 1.807) is 6.20 Å². The van der Waals surface area contributed by atoms with Gasteiger partial charge in [0.1, 0.15) is 0 Å². The summed E-state index contributed by atoms with van der Waals surface area (Å²) in [6.07, 6.45) is 7.29. The molecule has 0 bridgehead atoms. The van der Waals surface area contributed by atoms with Crippen molar-refractivity contribution >= 4 is 5.91 Å². The summed E-state index contributed by atoms with van der Waals surface area (Å²) in [4.78, 5) is 20.9. The van der Waals surface area contributed by atoms with Crippen LogP contribution >= 0.6 is 0 Å². The molecule has 2 aliphatic heterocycles. The predicted octanol–water partition coefficient (Wildman–Crippen LogP) is 2.15. The van der Waals surface area contributed by atoms with Gasteiger partial charge in [-0.05, 0) is 43.7 Å². The minimum atomic E-state index is -1.55. The molecule has 22 heavy (non-hydrogen) atoms. The molecule has 1 aliphatic carbocycles. The topological polar surface area (TPSA) is 36.4 Å². The normalized spacial score (nSPS) is 30.1. The number of likely N-dealkylation sites (tertiary alicyclic amines) is 2. The minimum Gasteiger partial charge on any atom is -0.335 e. The number of pyridine rings is 1. The molecule has 0 aromatic carbocycles. The van der Waals surface area contributed by atoms with E-state index in [0.29, 0.717) is 25.4 Å². The number of fused-ring (bicyclic) bond motifs is 1. The van der Waals surface area contributed by atoms with Crippen LogP contribution in [0.2, 0.25) is 0 Å². The third-order valence-corrected chi connectivity index (χ3v) is 5.59. The van der Waals surface area contributed by atoms with Crippen LogP contribution in [-0.2, 0) is 11.3 Å². The molecule has 118 valence electrons. The molecular formula is C17H22FN3O. The average Bonchev–Trinajstić information content (AvgIpc) is 3.08. The van der Waals surface area contributed by atoms with Crippen molar-refractivity contribution in [2.75, 3.05) is 13.1 Å². The van der Waals surface area contributed by atoms with Gasteiger partial charge in [-0.25, -0.2) is 4.39 Å². The lowest BCUT2D eigenvalue weighted by atomic mass is 9.81. The third kappa shape index (κ3) is 2.22.